The Hall–Kier alpha value is -1.59. The first-order valence-electron chi connectivity index (χ1n) is 9.13. The molecule has 0 aromatic carbocycles. The molecular weight excluding hydrogens is 324 g/mol. The van der Waals surface area contributed by atoms with Crippen LogP contribution in [0.5, 0.6) is 0 Å². The molecule has 0 heterocycles. The summed E-state index contributed by atoms with van der Waals surface area (Å²) in [6, 6.07) is 0. The average Bonchev–Trinajstić information content (AvgIpc) is 2.57. The first-order chi connectivity index (χ1) is 11.7. The molecule has 4 fully saturated rings. The summed E-state index contributed by atoms with van der Waals surface area (Å²) in [6.07, 6.45) is 4.95. The van der Waals surface area contributed by atoms with Crippen molar-refractivity contribution in [2.75, 3.05) is 14.2 Å². The molecular formula is C19H28O6. The highest BCUT2D eigenvalue weighted by atomic mass is 16.6. The fourth-order valence-electron chi connectivity index (χ4n) is 5.65. The van der Waals surface area contributed by atoms with Gasteiger partial charge in [-0.2, -0.15) is 0 Å². The highest BCUT2D eigenvalue weighted by Crippen LogP contribution is 2.63. The Morgan fingerprint density at radius 2 is 1.44 bits per heavy atom. The molecule has 4 saturated carbocycles. The van der Waals surface area contributed by atoms with Gasteiger partial charge in [-0.15, -0.1) is 0 Å². The summed E-state index contributed by atoms with van der Waals surface area (Å²) in [7, 11) is 2.75. The van der Waals surface area contributed by atoms with Gasteiger partial charge < -0.3 is 14.2 Å². The second-order valence-corrected chi connectivity index (χ2v) is 8.44. The summed E-state index contributed by atoms with van der Waals surface area (Å²) in [5, 5.41) is 0. The van der Waals surface area contributed by atoms with Crippen molar-refractivity contribution < 1.29 is 28.6 Å². The second-order valence-electron chi connectivity index (χ2n) is 8.44. The molecule has 4 rings (SSSR count). The van der Waals surface area contributed by atoms with Gasteiger partial charge in [-0.05, 0) is 43.9 Å². The van der Waals surface area contributed by atoms with Crippen molar-refractivity contribution in [2.45, 2.75) is 58.0 Å². The Bertz CT molecular complexity index is 568. The lowest BCUT2D eigenvalue weighted by molar-refractivity contribution is -0.214. The summed E-state index contributed by atoms with van der Waals surface area (Å²) in [6.45, 7) is 3.37. The number of rotatable bonds is 5. The minimum atomic E-state index is -0.584. The van der Waals surface area contributed by atoms with Crippen LogP contribution in [0, 0.1) is 29.1 Å². The lowest BCUT2D eigenvalue weighted by Gasteiger charge is -2.59. The summed E-state index contributed by atoms with van der Waals surface area (Å²) in [5.41, 5.74) is -1.09. The van der Waals surface area contributed by atoms with Gasteiger partial charge in [0, 0.05) is 6.42 Å². The molecule has 0 spiro atoms. The molecule has 0 aromatic rings. The molecule has 0 radical (unpaired) electrons. The van der Waals surface area contributed by atoms with Crippen LogP contribution in [0.4, 0.5) is 0 Å². The van der Waals surface area contributed by atoms with Gasteiger partial charge in [0.05, 0.1) is 31.5 Å². The van der Waals surface area contributed by atoms with Gasteiger partial charge in [0.1, 0.15) is 5.60 Å². The van der Waals surface area contributed by atoms with E-state index in [1.807, 2.05) is 0 Å². The van der Waals surface area contributed by atoms with E-state index in [1.54, 1.807) is 13.8 Å². The van der Waals surface area contributed by atoms with E-state index in [9.17, 15) is 14.4 Å². The Morgan fingerprint density at radius 1 is 0.880 bits per heavy atom. The molecule has 0 amide bonds. The molecule has 4 bridgehead atoms. The third-order valence-corrected chi connectivity index (χ3v) is 6.64. The van der Waals surface area contributed by atoms with Crippen LogP contribution in [0.1, 0.15) is 52.4 Å². The van der Waals surface area contributed by atoms with Crippen LogP contribution in [-0.2, 0) is 28.6 Å². The van der Waals surface area contributed by atoms with Crippen molar-refractivity contribution in [1.29, 1.82) is 0 Å². The molecule has 0 N–H and O–H groups in total. The fraction of sp³-hybridized carbons (Fsp3) is 0.842. The zero-order chi connectivity index (χ0) is 18.4. The van der Waals surface area contributed by atoms with Gasteiger partial charge in [0.15, 0.2) is 0 Å². The van der Waals surface area contributed by atoms with E-state index in [0.717, 1.165) is 32.1 Å². The van der Waals surface area contributed by atoms with Crippen LogP contribution in [0.25, 0.3) is 0 Å². The zero-order valence-electron chi connectivity index (χ0n) is 15.5. The van der Waals surface area contributed by atoms with E-state index in [0.29, 0.717) is 18.3 Å². The summed E-state index contributed by atoms with van der Waals surface area (Å²) >= 11 is 0. The largest absolute Gasteiger partial charge is 0.469 e. The molecule has 6 heteroatoms. The van der Waals surface area contributed by atoms with Crippen molar-refractivity contribution in [3.63, 3.8) is 0 Å². The van der Waals surface area contributed by atoms with Gasteiger partial charge in [-0.25, -0.2) is 0 Å². The number of hydrogen-bond acceptors (Lipinski definition) is 6. The van der Waals surface area contributed by atoms with Crippen LogP contribution in [0.15, 0.2) is 0 Å². The molecule has 0 aliphatic heterocycles. The first-order valence-corrected chi connectivity index (χ1v) is 9.13. The highest BCUT2D eigenvalue weighted by molar-refractivity contribution is 5.82. The van der Waals surface area contributed by atoms with Crippen molar-refractivity contribution in [3.05, 3.63) is 0 Å². The number of hydrogen-bond donors (Lipinski definition) is 0. The van der Waals surface area contributed by atoms with Crippen LogP contribution in [-0.4, -0.2) is 37.7 Å². The summed E-state index contributed by atoms with van der Waals surface area (Å²) in [5.74, 6) is -1.28. The Balaban J connectivity index is 1.77. The third kappa shape index (κ3) is 3.04. The minimum Gasteiger partial charge on any atom is -0.469 e. The number of methoxy groups -OCH3 is 2. The number of carbonyl (C=O) groups is 3. The van der Waals surface area contributed by atoms with Crippen molar-refractivity contribution >= 4 is 17.9 Å². The van der Waals surface area contributed by atoms with Crippen molar-refractivity contribution in [1.82, 2.24) is 0 Å². The van der Waals surface area contributed by atoms with E-state index in [2.05, 4.69) is 0 Å². The quantitative estimate of drug-likeness (QED) is 0.559. The lowest BCUT2D eigenvalue weighted by Crippen LogP contribution is -2.60. The minimum absolute atomic E-state index is 0.169. The monoisotopic (exact) mass is 352 g/mol. The predicted octanol–water partition coefficient (Wildman–Crippen LogP) is 2.49. The van der Waals surface area contributed by atoms with Crippen LogP contribution in [0.3, 0.4) is 0 Å². The van der Waals surface area contributed by atoms with Crippen LogP contribution >= 0.6 is 0 Å². The molecule has 140 valence electrons. The average molecular weight is 352 g/mol. The molecule has 0 saturated heterocycles. The van der Waals surface area contributed by atoms with Gasteiger partial charge in [-0.1, -0.05) is 13.8 Å². The maximum absolute atomic E-state index is 12.7. The molecule has 0 aromatic heterocycles. The summed E-state index contributed by atoms with van der Waals surface area (Å²) < 4.78 is 15.8. The molecule has 4 aliphatic rings. The Kier molecular flexibility index (Phi) is 4.58. The Morgan fingerprint density at radius 3 is 1.96 bits per heavy atom. The van der Waals surface area contributed by atoms with Gasteiger partial charge in [0.2, 0.25) is 0 Å². The highest BCUT2D eigenvalue weighted by Gasteiger charge is 2.63. The van der Waals surface area contributed by atoms with E-state index in [4.69, 9.17) is 14.2 Å². The maximum atomic E-state index is 12.7. The normalized spacial score (nSPS) is 37.9. The van der Waals surface area contributed by atoms with E-state index in [1.165, 1.54) is 14.2 Å². The number of carbonyl (C=O) groups excluding carboxylic acids is 3. The molecule has 4 unspecified atom stereocenters. The van der Waals surface area contributed by atoms with Crippen molar-refractivity contribution in [2.24, 2.45) is 29.1 Å². The maximum Gasteiger partial charge on any atom is 0.311 e. The standard InChI is InChI=1S/C19H28O6/c1-11(15(20)23-3)12(2)16(21)25-19-8-13-5-14(9-19)7-18(6-13,10-19)17(22)24-4/h11-14H,5-10H2,1-4H3. The second kappa shape index (κ2) is 6.29. The van der Waals surface area contributed by atoms with Gasteiger partial charge in [-0.3, -0.25) is 14.4 Å². The molecule has 25 heavy (non-hydrogen) atoms. The van der Waals surface area contributed by atoms with Crippen LogP contribution < -0.4 is 0 Å². The smallest absolute Gasteiger partial charge is 0.311 e. The van der Waals surface area contributed by atoms with E-state index in [-0.39, 0.29) is 11.9 Å². The molecule has 4 atom stereocenters. The SMILES string of the molecule is COC(=O)C(C)C(C)C(=O)OC12CC3CC(C1)CC(C(=O)OC)(C3)C2. The fourth-order valence-corrected chi connectivity index (χ4v) is 5.65. The zero-order valence-corrected chi connectivity index (χ0v) is 15.5. The first kappa shape index (κ1) is 18.2. The van der Waals surface area contributed by atoms with Gasteiger partial charge in [0.25, 0.3) is 0 Å². The van der Waals surface area contributed by atoms with Gasteiger partial charge >= 0.3 is 17.9 Å². The van der Waals surface area contributed by atoms with Crippen LogP contribution in [0.2, 0.25) is 0 Å². The van der Waals surface area contributed by atoms with Crippen molar-refractivity contribution in [3.8, 4) is 0 Å². The number of ether oxygens (including phenoxy) is 3. The Labute approximate surface area is 148 Å². The predicted molar refractivity (Wildman–Crippen MR) is 88.3 cm³/mol. The topological polar surface area (TPSA) is 78.9 Å². The summed E-state index contributed by atoms with van der Waals surface area (Å²) in [4.78, 5) is 36.8. The van der Waals surface area contributed by atoms with E-state index >= 15 is 0 Å². The molecule has 6 nitrogen and oxygen atoms in total. The van der Waals surface area contributed by atoms with E-state index < -0.39 is 28.8 Å². The number of esters is 3. The molecule has 4 aliphatic carbocycles. The third-order valence-electron chi connectivity index (χ3n) is 6.64. The lowest BCUT2D eigenvalue weighted by atomic mass is 9.48.